The van der Waals surface area contributed by atoms with Crippen LogP contribution in [0.4, 0.5) is 4.79 Å². The Balaban J connectivity index is 1.73. The zero-order valence-corrected chi connectivity index (χ0v) is 11.9. The number of carbonyl (C=O) groups excluding carboxylic acids is 1. The van der Waals surface area contributed by atoms with Gasteiger partial charge in [0.05, 0.1) is 6.61 Å². The number of amides is 2. The summed E-state index contributed by atoms with van der Waals surface area (Å²) in [4.78, 5) is 15.8. The quantitative estimate of drug-likeness (QED) is 0.636. The summed E-state index contributed by atoms with van der Waals surface area (Å²) in [6.07, 6.45) is 2.53. The van der Waals surface area contributed by atoms with Crippen molar-refractivity contribution in [3.63, 3.8) is 0 Å². The van der Waals surface area contributed by atoms with Crippen LogP contribution in [0.15, 0.2) is 0 Å². The molecule has 0 aliphatic carbocycles. The van der Waals surface area contributed by atoms with Crippen molar-refractivity contribution in [3.8, 4) is 0 Å². The van der Waals surface area contributed by atoms with Crippen molar-refractivity contribution in [2.45, 2.75) is 18.9 Å². The molecule has 6 heteroatoms. The number of methoxy groups -OCH3 is 1. The van der Waals surface area contributed by atoms with Gasteiger partial charge in [-0.3, -0.25) is 4.90 Å². The Hall–Kier alpha value is -0.850. The van der Waals surface area contributed by atoms with E-state index in [-0.39, 0.29) is 6.03 Å². The van der Waals surface area contributed by atoms with Gasteiger partial charge in [-0.25, -0.2) is 4.79 Å². The molecule has 0 bridgehead atoms. The molecule has 6 nitrogen and oxygen atoms in total. The summed E-state index contributed by atoms with van der Waals surface area (Å²) in [5, 5.41) is 6.37. The van der Waals surface area contributed by atoms with Crippen molar-refractivity contribution >= 4 is 6.03 Å². The van der Waals surface area contributed by atoms with Gasteiger partial charge in [0, 0.05) is 52.4 Å². The molecule has 0 aromatic heterocycles. The van der Waals surface area contributed by atoms with Gasteiger partial charge in [-0.2, -0.15) is 0 Å². The predicted molar refractivity (Wildman–Crippen MR) is 74.3 cm³/mol. The van der Waals surface area contributed by atoms with E-state index in [4.69, 9.17) is 4.74 Å². The zero-order chi connectivity index (χ0) is 13.5. The summed E-state index contributed by atoms with van der Waals surface area (Å²) in [5.41, 5.74) is 0. The fourth-order valence-corrected chi connectivity index (χ4v) is 2.73. The molecule has 1 atom stereocenters. The van der Waals surface area contributed by atoms with Crippen molar-refractivity contribution < 1.29 is 9.53 Å². The number of ether oxygens (including phenoxy) is 1. The molecule has 2 aliphatic heterocycles. The summed E-state index contributed by atoms with van der Waals surface area (Å²) >= 11 is 0. The first-order valence-electron chi connectivity index (χ1n) is 7.27. The maximum Gasteiger partial charge on any atom is 0.317 e. The molecule has 110 valence electrons. The van der Waals surface area contributed by atoms with Crippen LogP contribution in [0.1, 0.15) is 12.8 Å². The van der Waals surface area contributed by atoms with Crippen molar-refractivity contribution in [2.24, 2.45) is 0 Å². The van der Waals surface area contributed by atoms with Crippen LogP contribution >= 0.6 is 0 Å². The minimum absolute atomic E-state index is 0.0747. The van der Waals surface area contributed by atoms with Crippen LogP contribution in [-0.4, -0.2) is 81.4 Å². The predicted octanol–water partition coefficient (Wildman–Crippen LogP) is -0.288. The summed E-state index contributed by atoms with van der Waals surface area (Å²) in [5.74, 6) is 0. The first-order valence-corrected chi connectivity index (χ1v) is 7.27. The molecule has 0 aromatic rings. The highest BCUT2D eigenvalue weighted by Crippen LogP contribution is 2.07. The molecule has 2 N–H and O–H groups in total. The lowest BCUT2D eigenvalue weighted by molar-refractivity contribution is 0.135. The highest BCUT2D eigenvalue weighted by molar-refractivity contribution is 5.76. The Morgan fingerprint density at radius 2 is 2.32 bits per heavy atom. The van der Waals surface area contributed by atoms with Gasteiger partial charge in [0.15, 0.2) is 0 Å². The maximum atomic E-state index is 11.5. The van der Waals surface area contributed by atoms with Crippen molar-refractivity contribution in [3.05, 3.63) is 0 Å². The molecule has 2 amide bonds. The molecule has 19 heavy (non-hydrogen) atoms. The fraction of sp³-hybridized carbons (Fsp3) is 0.923. The Morgan fingerprint density at radius 3 is 2.95 bits per heavy atom. The number of hydrogen-bond acceptors (Lipinski definition) is 4. The van der Waals surface area contributed by atoms with Gasteiger partial charge >= 0.3 is 6.03 Å². The number of urea groups is 1. The Morgan fingerprint density at radius 1 is 1.42 bits per heavy atom. The molecule has 2 aliphatic rings. The number of carbonyl (C=O) groups is 1. The topological polar surface area (TPSA) is 56.8 Å². The lowest BCUT2D eigenvalue weighted by Crippen LogP contribution is -2.43. The van der Waals surface area contributed by atoms with Gasteiger partial charge in [-0.05, 0) is 19.4 Å². The minimum Gasteiger partial charge on any atom is -0.383 e. The molecule has 0 radical (unpaired) electrons. The molecule has 1 unspecified atom stereocenters. The SMILES string of the molecule is COCCN(CCN1CCNC1=O)CC1CCCN1. The van der Waals surface area contributed by atoms with Crippen LogP contribution in [0.5, 0.6) is 0 Å². The molecule has 0 spiro atoms. The van der Waals surface area contributed by atoms with E-state index < -0.39 is 0 Å². The van der Waals surface area contributed by atoms with E-state index in [1.54, 1.807) is 7.11 Å². The van der Waals surface area contributed by atoms with E-state index >= 15 is 0 Å². The second-order valence-electron chi connectivity index (χ2n) is 5.31. The van der Waals surface area contributed by atoms with E-state index in [1.807, 2.05) is 4.90 Å². The van der Waals surface area contributed by atoms with Gasteiger partial charge in [0.2, 0.25) is 0 Å². The molecule has 2 fully saturated rings. The van der Waals surface area contributed by atoms with E-state index in [2.05, 4.69) is 15.5 Å². The second-order valence-corrected chi connectivity index (χ2v) is 5.31. The first-order chi connectivity index (χ1) is 9.29. The number of nitrogens with one attached hydrogen (secondary N) is 2. The van der Waals surface area contributed by atoms with Crippen LogP contribution in [-0.2, 0) is 4.74 Å². The van der Waals surface area contributed by atoms with E-state index in [0.29, 0.717) is 6.04 Å². The van der Waals surface area contributed by atoms with E-state index in [0.717, 1.165) is 52.4 Å². The van der Waals surface area contributed by atoms with Crippen LogP contribution < -0.4 is 10.6 Å². The number of nitrogens with zero attached hydrogens (tertiary/aromatic N) is 2. The fourth-order valence-electron chi connectivity index (χ4n) is 2.73. The minimum atomic E-state index is 0.0747. The Kier molecular flexibility index (Phi) is 5.88. The normalized spacial score (nSPS) is 23.4. The molecular formula is C13H26N4O2. The summed E-state index contributed by atoms with van der Waals surface area (Å²) in [6.45, 7) is 7.22. The summed E-state index contributed by atoms with van der Waals surface area (Å²) in [6, 6.07) is 0.676. The third-order valence-corrected chi connectivity index (χ3v) is 3.88. The van der Waals surface area contributed by atoms with E-state index in [9.17, 15) is 4.79 Å². The lowest BCUT2D eigenvalue weighted by atomic mass is 10.2. The highest BCUT2D eigenvalue weighted by atomic mass is 16.5. The van der Waals surface area contributed by atoms with Crippen molar-refractivity contribution in [2.75, 3.05) is 59.5 Å². The molecular weight excluding hydrogens is 244 g/mol. The van der Waals surface area contributed by atoms with Crippen molar-refractivity contribution in [1.82, 2.24) is 20.4 Å². The summed E-state index contributed by atoms with van der Waals surface area (Å²) in [7, 11) is 1.74. The first kappa shape index (κ1) is 14.6. The Bertz CT molecular complexity index is 282. The number of rotatable bonds is 8. The van der Waals surface area contributed by atoms with Crippen LogP contribution in [0, 0.1) is 0 Å². The zero-order valence-electron chi connectivity index (χ0n) is 11.9. The molecule has 0 saturated carbocycles. The lowest BCUT2D eigenvalue weighted by Gasteiger charge is -2.27. The van der Waals surface area contributed by atoms with Gasteiger partial charge in [0.25, 0.3) is 0 Å². The van der Waals surface area contributed by atoms with Gasteiger partial charge in [-0.15, -0.1) is 0 Å². The smallest absolute Gasteiger partial charge is 0.317 e. The standard InChI is InChI=1S/C13H26N4O2/c1-19-10-9-16(11-12-3-2-4-14-12)7-8-17-6-5-15-13(17)18/h12,14H,2-11H2,1H3,(H,15,18). The average molecular weight is 270 g/mol. The Labute approximate surface area is 115 Å². The van der Waals surface area contributed by atoms with Crippen LogP contribution in [0.25, 0.3) is 0 Å². The summed E-state index contributed by atoms with van der Waals surface area (Å²) < 4.78 is 5.17. The van der Waals surface area contributed by atoms with Gasteiger partial charge in [0.1, 0.15) is 0 Å². The molecule has 2 heterocycles. The maximum absolute atomic E-state index is 11.5. The largest absolute Gasteiger partial charge is 0.383 e. The third kappa shape index (κ3) is 4.63. The number of hydrogen-bond donors (Lipinski definition) is 2. The molecule has 0 aromatic carbocycles. The monoisotopic (exact) mass is 270 g/mol. The van der Waals surface area contributed by atoms with Gasteiger partial charge in [-0.1, -0.05) is 0 Å². The third-order valence-electron chi connectivity index (χ3n) is 3.88. The average Bonchev–Trinajstić information content (AvgIpc) is 3.04. The van der Waals surface area contributed by atoms with Crippen molar-refractivity contribution in [1.29, 1.82) is 0 Å². The second kappa shape index (κ2) is 7.67. The highest BCUT2D eigenvalue weighted by Gasteiger charge is 2.21. The van der Waals surface area contributed by atoms with Crippen LogP contribution in [0.3, 0.4) is 0 Å². The molecule has 2 rings (SSSR count). The van der Waals surface area contributed by atoms with Gasteiger partial charge < -0.3 is 20.3 Å². The van der Waals surface area contributed by atoms with E-state index in [1.165, 1.54) is 12.8 Å². The molecule has 2 saturated heterocycles. The van der Waals surface area contributed by atoms with Crippen LogP contribution in [0.2, 0.25) is 0 Å².